The summed E-state index contributed by atoms with van der Waals surface area (Å²) < 4.78 is 5.84. The van der Waals surface area contributed by atoms with E-state index in [-0.39, 0.29) is 12.1 Å². The average molecular weight is 276 g/mol. The molecule has 1 aromatic rings. The first kappa shape index (κ1) is 15.5. The second-order valence-corrected chi connectivity index (χ2v) is 6.10. The number of ether oxygens (including phenoxy) is 1. The molecule has 20 heavy (non-hydrogen) atoms. The lowest BCUT2D eigenvalue weighted by Gasteiger charge is -2.35. The summed E-state index contributed by atoms with van der Waals surface area (Å²) in [4.78, 5) is 0. The van der Waals surface area contributed by atoms with E-state index in [1.54, 1.807) is 0 Å². The number of nitrogens with two attached hydrogens (primary N) is 1. The Labute approximate surface area is 122 Å². The fourth-order valence-corrected chi connectivity index (χ4v) is 3.60. The summed E-state index contributed by atoms with van der Waals surface area (Å²) >= 11 is 0. The highest BCUT2D eigenvalue weighted by molar-refractivity contribution is 5.33. The standard InChI is InChI=1S/C17H28N2O/c1-12-9-10-15(13(2)11-12)16(19-18)17(20-3)14-7-5-4-6-8-14/h9-11,14,16-17,19H,4-8,18H2,1-3H3. The van der Waals surface area contributed by atoms with E-state index in [9.17, 15) is 0 Å². The quantitative estimate of drug-likeness (QED) is 0.640. The van der Waals surface area contributed by atoms with Gasteiger partial charge in [0.15, 0.2) is 0 Å². The van der Waals surface area contributed by atoms with Crippen molar-refractivity contribution in [2.75, 3.05) is 7.11 Å². The number of benzene rings is 1. The third kappa shape index (κ3) is 3.40. The molecule has 2 unspecified atom stereocenters. The van der Waals surface area contributed by atoms with Gasteiger partial charge in [-0.3, -0.25) is 11.3 Å². The first-order chi connectivity index (χ1) is 9.67. The van der Waals surface area contributed by atoms with Crippen LogP contribution in [0, 0.1) is 19.8 Å². The third-order valence-electron chi connectivity index (χ3n) is 4.66. The van der Waals surface area contributed by atoms with Gasteiger partial charge in [0.1, 0.15) is 0 Å². The maximum atomic E-state index is 5.86. The van der Waals surface area contributed by atoms with E-state index in [2.05, 4.69) is 37.5 Å². The first-order valence-corrected chi connectivity index (χ1v) is 7.73. The molecular weight excluding hydrogens is 248 g/mol. The van der Waals surface area contributed by atoms with Crippen LogP contribution in [-0.4, -0.2) is 13.2 Å². The van der Waals surface area contributed by atoms with Gasteiger partial charge >= 0.3 is 0 Å². The fraction of sp³-hybridized carbons (Fsp3) is 0.647. The predicted octanol–water partition coefficient (Wildman–Crippen LogP) is 3.40. The first-order valence-electron chi connectivity index (χ1n) is 7.73. The van der Waals surface area contributed by atoms with Crippen LogP contribution < -0.4 is 11.3 Å². The van der Waals surface area contributed by atoms with Gasteiger partial charge < -0.3 is 4.74 Å². The van der Waals surface area contributed by atoms with E-state index >= 15 is 0 Å². The van der Waals surface area contributed by atoms with Gasteiger partial charge in [0.2, 0.25) is 0 Å². The Morgan fingerprint density at radius 2 is 1.90 bits per heavy atom. The molecule has 0 aromatic heterocycles. The molecule has 3 heteroatoms. The Bertz CT molecular complexity index is 427. The summed E-state index contributed by atoms with van der Waals surface area (Å²) in [5.41, 5.74) is 6.83. The van der Waals surface area contributed by atoms with Gasteiger partial charge in [-0.25, -0.2) is 0 Å². The molecule has 0 aliphatic heterocycles. The van der Waals surface area contributed by atoms with Crippen molar-refractivity contribution >= 4 is 0 Å². The summed E-state index contributed by atoms with van der Waals surface area (Å²) in [5, 5.41) is 0. The second kappa shape index (κ2) is 7.21. The van der Waals surface area contributed by atoms with Crippen LogP contribution in [0.4, 0.5) is 0 Å². The Hall–Kier alpha value is -0.900. The van der Waals surface area contributed by atoms with E-state index in [0.717, 1.165) is 0 Å². The topological polar surface area (TPSA) is 47.3 Å². The Morgan fingerprint density at radius 3 is 2.45 bits per heavy atom. The molecular formula is C17H28N2O. The summed E-state index contributed by atoms with van der Waals surface area (Å²) in [6.07, 6.45) is 6.64. The Morgan fingerprint density at radius 1 is 1.20 bits per heavy atom. The molecule has 0 amide bonds. The summed E-state index contributed by atoms with van der Waals surface area (Å²) in [7, 11) is 1.81. The van der Waals surface area contributed by atoms with Crippen LogP contribution in [0.15, 0.2) is 18.2 Å². The van der Waals surface area contributed by atoms with Crippen molar-refractivity contribution in [3.63, 3.8) is 0 Å². The highest BCUT2D eigenvalue weighted by Crippen LogP contribution is 2.34. The van der Waals surface area contributed by atoms with E-state index < -0.39 is 0 Å². The fourth-order valence-electron chi connectivity index (χ4n) is 3.60. The van der Waals surface area contributed by atoms with Gasteiger partial charge in [0.05, 0.1) is 12.1 Å². The van der Waals surface area contributed by atoms with Crippen molar-refractivity contribution in [1.82, 2.24) is 5.43 Å². The highest BCUT2D eigenvalue weighted by atomic mass is 16.5. The molecule has 3 nitrogen and oxygen atoms in total. The number of methoxy groups -OCH3 is 1. The average Bonchev–Trinajstić information content (AvgIpc) is 2.46. The monoisotopic (exact) mass is 276 g/mol. The molecule has 0 saturated heterocycles. The lowest BCUT2D eigenvalue weighted by molar-refractivity contribution is 0.00734. The number of nitrogens with one attached hydrogen (secondary N) is 1. The molecule has 1 aromatic carbocycles. The van der Waals surface area contributed by atoms with E-state index in [1.165, 1.54) is 48.8 Å². The summed E-state index contributed by atoms with van der Waals surface area (Å²) in [6.45, 7) is 4.27. The minimum absolute atomic E-state index is 0.0729. The van der Waals surface area contributed by atoms with Crippen LogP contribution in [0.2, 0.25) is 0 Å². The maximum absolute atomic E-state index is 5.86. The van der Waals surface area contributed by atoms with E-state index in [4.69, 9.17) is 10.6 Å². The predicted molar refractivity (Wildman–Crippen MR) is 83.4 cm³/mol. The van der Waals surface area contributed by atoms with Crippen molar-refractivity contribution in [2.24, 2.45) is 11.8 Å². The zero-order valence-corrected chi connectivity index (χ0v) is 13.0. The molecule has 0 heterocycles. The molecule has 0 spiro atoms. The minimum atomic E-state index is 0.0729. The zero-order valence-electron chi connectivity index (χ0n) is 13.0. The molecule has 1 fully saturated rings. The zero-order chi connectivity index (χ0) is 14.5. The largest absolute Gasteiger partial charge is 0.379 e. The van der Waals surface area contributed by atoms with Crippen LogP contribution in [0.3, 0.4) is 0 Å². The smallest absolute Gasteiger partial charge is 0.0807 e. The third-order valence-corrected chi connectivity index (χ3v) is 4.66. The lowest BCUT2D eigenvalue weighted by atomic mass is 9.80. The van der Waals surface area contributed by atoms with E-state index in [1.807, 2.05) is 7.11 Å². The molecule has 2 atom stereocenters. The summed E-state index contributed by atoms with van der Waals surface area (Å²) in [6, 6.07) is 6.63. The normalized spacial score (nSPS) is 19.8. The van der Waals surface area contributed by atoms with Crippen molar-refractivity contribution in [3.05, 3.63) is 34.9 Å². The lowest BCUT2D eigenvalue weighted by Crippen LogP contribution is -2.42. The van der Waals surface area contributed by atoms with Gasteiger partial charge in [-0.2, -0.15) is 0 Å². The molecule has 3 N–H and O–H groups in total. The maximum Gasteiger partial charge on any atom is 0.0807 e. The molecule has 1 aliphatic carbocycles. The van der Waals surface area contributed by atoms with Gasteiger partial charge in [0.25, 0.3) is 0 Å². The van der Waals surface area contributed by atoms with Crippen LogP contribution in [-0.2, 0) is 4.74 Å². The van der Waals surface area contributed by atoms with Crippen molar-refractivity contribution in [1.29, 1.82) is 0 Å². The molecule has 1 aliphatic rings. The van der Waals surface area contributed by atoms with Crippen molar-refractivity contribution in [2.45, 2.75) is 58.1 Å². The number of aryl methyl sites for hydroxylation is 2. The summed E-state index contributed by atoms with van der Waals surface area (Å²) in [5.74, 6) is 6.47. The van der Waals surface area contributed by atoms with Gasteiger partial charge in [-0.1, -0.05) is 43.0 Å². The highest BCUT2D eigenvalue weighted by Gasteiger charge is 2.31. The Kier molecular flexibility index (Phi) is 5.58. The number of hydrogen-bond acceptors (Lipinski definition) is 3. The molecule has 112 valence electrons. The van der Waals surface area contributed by atoms with Crippen LogP contribution in [0.1, 0.15) is 54.8 Å². The van der Waals surface area contributed by atoms with Gasteiger partial charge in [0, 0.05) is 7.11 Å². The number of hydrogen-bond donors (Lipinski definition) is 2. The van der Waals surface area contributed by atoms with Gasteiger partial charge in [-0.15, -0.1) is 0 Å². The molecule has 1 saturated carbocycles. The minimum Gasteiger partial charge on any atom is -0.379 e. The van der Waals surface area contributed by atoms with Crippen molar-refractivity contribution < 1.29 is 4.74 Å². The SMILES string of the molecule is COC(C1CCCCC1)C(NN)c1ccc(C)cc1C. The van der Waals surface area contributed by atoms with Gasteiger partial charge in [-0.05, 0) is 43.7 Å². The van der Waals surface area contributed by atoms with Crippen LogP contribution >= 0.6 is 0 Å². The number of rotatable bonds is 5. The molecule has 0 radical (unpaired) electrons. The molecule has 0 bridgehead atoms. The Balaban J connectivity index is 2.23. The number of hydrazine groups is 1. The second-order valence-electron chi connectivity index (χ2n) is 6.10. The van der Waals surface area contributed by atoms with Crippen LogP contribution in [0.25, 0.3) is 0 Å². The van der Waals surface area contributed by atoms with Crippen LogP contribution in [0.5, 0.6) is 0 Å². The van der Waals surface area contributed by atoms with E-state index in [0.29, 0.717) is 5.92 Å². The molecule has 2 rings (SSSR count). The van der Waals surface area contributed by atoms with Crippen molar-refractivity contribution in [3.8, 4) is 0 Å².